The van der Waals surface area contributed by atoms with Crippen LogP contribution in [0.3, 0.4) is 0 Å². The molecule has 1 unspecified atom stereocenters. The molecule has 0 aliphatic carbocycles. The highest BCUT2D eigenvalue weighted by atomic mass is 35.5. The molecule has 3 aromatic rings. The maximum absolute atomic E-state index is 12.8. The number of benzene rings is 2. The van der Waals surface area contributed by atoms with E-state index in [0.717, 1.165) is 36.5 Å². The van der Waals surface area contributed by atoms with Crippen molar-refractivity contribution in [2.45, 2.75) is 18.5 Å². The summed E-state index contributed by atoms with van der Waals surface area (Å²) in [6, 6.07) is 19.7. The zero-order valence-electron chi connectivity index (χ0n) is 18.1. The smallest absolute Gasteiger partial charge is 0.253 e. The van der Waals surface area contributed by atoms with Crippen molar-refractivity contribution < 1.29 is 4.79 Å². The third kappa shape index (κ3) is 5.23. The second kappa shape index (κ2) is 9.90. The zero-order valence-corrected chi connectivity index (χ0v) is 19.6. The fourth-order valence-corrected chi connectivity index (χ4v) is 4.35. The molecule has 166 valence electrons. The van der Waals surface area contributed by atoms with Crippen molar-refractivity contribution in [3.63, 3.8) is 0 Å². The summed E-state index contributed by atoms with van der Waals surface area (Å²) in [5.41, 5.74) is 2.89. The van der Waals surface area contributed by atoms with Gasteiger partial charge in [-0.2, -0.15) is 0 Å². The minimum atomic E-state index is -0.0933. The zero-order chi connectivity index (χ0) is 22.7. The Hall–Kier alpha value is -2.60. The number of amides is 1. The van der Waals surface area contributed by atoms with Crippen LogP contribution in [-0.4, -0.2) is 49.0 Å². The van der Waals surface area contributed by atoms with E-state index in [9.17, 15) is 4.79 Å². The lowest BCUT2D eigenvalue weighted by molar-refractivity contribution is 0.0936. The highest BCUT2D eigenvalue weighted by molar-refractivity contribution is 6.30. The molecule has 7 heteroatoms. The summed E-state index contributed by atoms with van der Waals surface area (Å²) in [6.07, 6.45) is 2.51. The normalized spacial score (nSPS) is 16.3. The van der Waals surface area contributed by atoms with E-state index in [1.54, 1.807) is 6.20 Å². The first-order chi connectivity index (χ1) is 15.4. The van der Waals surface area contributed by atoms with Crippen molar-refractivity contribution in [2.24, 2.45) is 0 Å². The van der Waals surface area contributed by atoms with Crippen LogP contribution in [0.1, 0.15) is 33.9 Å². The van der Waals surface area contributed by atoms with E-state index in [0.29, 0.717) is 15.6 Å². The molecule has 1 aliphatic rings. The van der Waals surface area contributed by atoms with Crippen molar-refractivity contribution >= 4 is 34.9 Å². The molecule has 0 radical (unpaired) electrons. The number of pyridine rings is 1. The number of aromatic nitrogens is 1. The van der Waals surface area contributed by atoms with Gasteiger partial charge >= 0.3 is 0 Å². The molecule has 1 amide bonds. The van der Waals surface area contributed by atoms with E-state index in [4.69, 9.17) is 23.2 Å². The van der Waals surface area contributed by atoms with Crippen LogP contribution in [0.4, 0.5) is 5.82 Å². The molecule has 2 heterocycles. The van der Waals surface area contributed by atoms with Gasteiger partial charge in [0.15, 0.2) is 0 Å². The van der Waals surface area contributed by atoms with Crippen molar-refractivity contribution in [1.82, 2.24) is 15.2 Å². The Kier molecular flexibility index (Phi) is 6.99. The number of nitrogens with zero attached hydrogens (tertiary/aromatic N) is 3. The standard InChI is InChI=1S/C25H26Cl2N4O/c1-30(2)23-12-7-19(15-28-23)25(32)29-22-13-14-31(16-22)24(17-3-8-20(26)9-4-17)18-5-10-21(27)11-6-18/h3-12,15,22,24H,13-14,16H2,1-2H3,(H,29,32). The summed E-state index contributed by atoms with van der Waals surface area (Å²) in [7, 11) is 3.85. The maximum atomic E-state index is 12.8. The lowest BCUT2D eigenvalue weighted by Crippen LogP contribution is -2.38. The van der Waals surface area contributed by atoms with Crippen LogP contribution in [0.25, 0.3) is 0 Å². The fraction of sp³-hybridized carbons (Fsp3) is 0.280. The van der Waals surface area contributed by atoms with Crippen LogP contribution < -0.4 is 10.2 Å². The number of anilines is 1. The molecule has 0 saturated carbocycles. The molecule has 1 aromatic heterocycles. The summed E-state index contributed by atoms with van der Waals surface area (Å²) in [5.74, 6) is 0.728. The fourth-order valence-electron chi connectivity index (χ4n) is 4.10. The monoisotopic (exact) mass is 468 g/mol. The second-order valence-corrected chi connectivity index (χ2v) is 9.13. The van der Waals surface area contributed by atoms with Crippen LogP contribution >= 0.6 is 23.2 Å². The van der Waals surface area contributed by atoms with E-state index in [1.807, 2.05) is 55.4 Å². The van der Waals surface area contributed by atoms with E-state index in [-0.39, 0.29) is 18.0 Å². The highest BCUT2D eigenvalue weighted by Crippen LogP contribution is 2.33. The highest BCUT2D eigenvalue weighted by Gasteiger charge is 2.31. The first kappa shape index (κ1) is 22.6. The van der Waals surface area contributed by atoms with Gasteiger partial charge in [0.1, 0.15) is 5.82 Å². The van der Waals surface area contributed by atoms with Crippen molar-refractivity contribution in [3.8, 4) is 0 Å². The molecule has 0 bridgehead atoms. The molecule has 1 aliphatic heterocycles. The van der Waals surface area contributed by atoms with Gasteiger partial charge in [0.05, 0.1) is 11.6 Å². The average molecular weight is 469 g/mol. The van der Waals surface area contributed by atoms with E-state index in [1.165, 1.54) is 0 Å². The van der Waals surface area contributed by atoms with Crippen molar-refractivity contribution in [2.75, 3.05) is 32.1 Å². The molecular formula is C25H26Cl2N4O. The summed E-state index contributed by atoms with van der Waals surface area (Å²) in [5, 5.41) is 4.60. The molecule has 1 fully saturated rings. The summed E-state index contributed by atoms with van der Waals surface area (Å²) in [4.78, 5) is 21.4. The second-order valence-electron chi connectivity index (χ2n) is 8.26. The van der Waals surface area contributed by atoms with Gasteiger partial charge in [0.25, 0.3) is 5.91 Å². The van der Waals surface area contributed by atoms with Crippen LogP contribution in [-0.2, 0) is 0 Å². The Bertz CT molecular complexity index is 1010. The van der Waals surface area contributed by atoms with Crippen molar-refractivity contribution in [1.29, 1.82) is 0 Å². The largest absolute Gasteiger partial charge is 0.363 e. The topological polar surface area (TPSA) is 48.5 Å². The molecular weight excluding hydrogens is 443 g/mol. The van der Waals surface area contributed by atoms with Crippen LogP contribution in [0.5, 0.6) is 0 Å². The lowest BCUT2D eigenvalue weighted by Gasteiger charge is -2.29. The lowest BCUT2D eigenvalue weighted by atomic mass is 9.97. The summed E-state index contributed by atoms with van der Waals surface area (Å²) < 4.78 is 0. The molecule has 0 spiro atoms. The number of likely N-dealkylation sites (tertiary alicyclic amines) is 1. The van der Waals surface area contributed by atoms with Crippen LogP contribution in [0.2, 0.25) is 10.0 Å². The third-order valence-electron chi connectivity index (χ3n) is 5.76. The number of hydrogen-bond acceptors (Lipinski definition) is 4. The Morgan fingerprint density at radius 3 is 2.09 bits per heavy atom. The van der Waals surface area contributed by atoms with Gasteiger partial charge in [-0.1, -0.05) is 47.5 Å². The minimum absolute atomic E-state index is 0.0625. The van der Waals surface area contributed by atoms with Gasteiger partial charge in [-0.15, -0.1) is 0 Å². The van der Waals surface area contributed by atoms with Crippen LogP contribution in [0, 0.1) is 0 Å². The SMILES string of the molecule is CN(C)c1ccc(C(=O)NC2CCN(C(c3ccc(Cl)cc3)c3ccc(Cl)cc3)C2)cn1. The number of nitrogens with one attached hydrogen (secondary N) is 1. The molecule has 5 nitrogen and oxygen atoms in total. The molecule has 1 saturated heterocycles. The van der Waals surface area contributed by atoms with E-state index in [2.05, 4.69) is 39.5 Å². The quantitative estimate of drug-likeness (QED) is 0.549. The number of halogens is 2. The first-order valence-electron chi connectivity index (χ1n) is 10.6. The molecule has 1 N–H and O–H groups in total. The summed E-state index contributed by atoms with van der Waals surface area (Å²) in [6.45, 7) is 1.63. The maximum Gasteiger partial charge on any atom is 0.253 e. The minimum Gasteiger partial charge on any atom is -0.363 e. The van der Waals surface area contributed by atoms with E-state index >= 15 is 0 Å². The molecule has 4 rings (SSSR count). The predicted octanol–water partition coefficient (Wildman–Crippen LogP) is 5.05. The third-order valence-corrected chi connectivity index (χ3v) is 6.26. The number of carbonyl (C=O) groups is 1. The Balaban J connectivity index is 1.49. The van der Waals surface area contributed by atoms with Gasteiger partial charge < -0.3 is 10.2 Å². The molecule has 2 aromatic carbocycles. The Morgan fingerprint density at radius 2 is 1.59 bits per heavy atom. The number of rotatable bonds is 6. The number of hydrogen-bond donors (Lipinski definition) is 1. The van der Waals surface area contributed by atoms with Gasteiger partial charge in [-0.3, -0.25) is 9.69 Å². The van der Waals surface area contributed by atoms with Crippen molar-refractivity contribution in [3.05, 3.63) is 93.6 Å². The van der Waals surface area contributed by atoms with Gasteiger partial charge in [0, 0.05) is 49.5 Å². The average Bonchev–Trinajstić information content (AvgIpc) is 3.24. The molecule has 32 heavy (non-hydrogen) atoms. The van der Waals surface area contributed by atoms with Gasteiger partial charge in [-0.05, 0) is 53.9 Å². The number of carbonyl (C=O) groups excluding carboxylic acids is 1. The van der Waals surface area contributed by atoms with Gasteiger partial charge in [-0.25, -0.2) is 4.98 Å². The first-order valence-corrected chi connectivity index (χ1v) is 11.4. The predicted molar refractivity (Wildman–Crippen MR) is 131 cm³/mol. The van der Waals surface area contributed by atoms with E-state index < -0.39 is 0 Å². The molecule has 1 atom stereocenters. The Morgan fingerprint density at radius 1 is 1.00 bits per heavy atom. The van der Waals surface area contributed by atoms with Crippen LogP contribution in [0.15, 0.2) is 66.9 Å². The Labute approximate surface area is 199 Å². The summed E-state index contributed by atoms with van der Waals surface area (Å²) >= 11 is 12.2. The van der Waals surface area contributed by atoms with Gasteiger partial charge in [0.2, 0.25) is 0 Å².